The van der Waals surface area contributed by atoms with Crippen molar-refractivity contribution in [3.05, 3.63) is 40.9 Å². The number of benzene rings is 1. The maximum Gasteiger partial charge on any atom is 0.309 e. The number of ketones is 1. The summed E-state index contributed by atoms with van der Waals surface area (Å²) >= 11 is 5.76. The van der Waals surface area contributed by atoms with Crippen LogP contribution in [0.5, 0.6) is 0 Å². The van der Waals surface area contributed by atoms with E-state index in [1.54, 1.807) is 0 Å². The van der Waals surface area contributed by atoms with E-state index in [9.17, 15) is 18.0 Å². The lowest BCUT2D eigenvalue weighted by molar-refractivity contribution is -0.139. The number of nitrogens with one attached hydrogen (secondary N) is 1. The third kappa shape index (κ3) is 4.90. The molecule has 0 heterocycles. The minimum atomic E-state index is -3.69. The highest BCUT2D eigenvalue weighted by molar-refractivity contribution is 7.89. The van der Waals surface area contributed by atoms with E-state index >= 15 is 0 Å². The molecule has 1 fully saturated rings. The van der Waals surface area contributed by atoms with E-state index in [0.29, 0.717) is 17.0 Å². The second kappa shape index (κ2) is 7.92. The zero-order chi connectivity index (χ0) is 17.7. The quantitative estimate of drug-likeness (QED) is 0.633. The molecule has 0 saturated heterocycles. The summed E-state index contributed by atoms with van der Waals surface area (Å²) < 4.78 is 31.9. The van der Waals surface area contributed by atoms with Crippen molar-refractivity contribution < 1.29 is 22.7 Å². The molecule has 6 nitrogen and oxygen atoms in total. The van der Waals surface area contributed by atoms with Crippen LogP contribution in [0, 0.1) is 0 Å². The number of carbonyl (C=O) groups is 2. The highest BCUT2D eigenvalue weighted by Crippen LogP contribution is 2.23. The zero-order valence-corrected chi connectivity index (χ0v) is 14.7. The van der Waals surface area contributed by atoms with Gasteiger partial charge in [0.25, 0.3) is 0 Å². The van der Waals surface area contributed by atoms with Gasteiger partial charge in [0.2, 0.25) is 10.0 Å². The van der Waals surface area contributed by atoms with Crippen LogP contribution >= 0.6 is 11.6 Å². The first-order valence-corrected chi connectivity index (χ1v) is 9.25. The van der Waals surface area contributed by atoms with Crippen molar-refractivity contribution in [1.29, 1.82) is 0 Å². The molecule has 1 atom stereocenters. The average molecular weight is 372 g/mol. The molecule has 8 heteroatoms. The standard InChI is InChI=1S/C16H18ClNO5S/c1-23-16(20)9-2-11-10-13(5-8-15(11)19)18-24(21,22)14-6-3-12(17)4-7-14/h2-4,6-7,13,18H,5,8-10H2,1H3/b11-2+. The maximum absolute atomic E-state index is 12.4. The molecule has 1 saturated carbocycles. The summed E-state index contributed by atoms with van der Waals surface area (Å²) in [5.74, 6) is -0.514. The SMILES string of the molecule is COC(=O)C/C=C1\CC(NS(=O)(=O)c2ccc(Cl)cc2)CCC1=O. The lowest BCUT2D eigenvalue weighted by Gasteiger charge is -2.24. The summed E-state index contributed by atoms with van der Waals surface area (Å²) in [4.78, 5) is 23.2. The maximum atomic E-state index is 12.4. The number of esters is 1. The monoisotopic (exact) mass is 371 g/mol. The normalized spacial score (nSPS) is 20.2. The Morgan fingerprint density at radius 2 is 2.04 bits per heavy atom. The molecule has 1 unspecified atom stereocenters. The van der Waals surface area contributed by atoms with Crippen molar-refractivity contribution in [1.82, 2.24) is 4.72 Å². The number of halogens is 1. The fourth-order valence-electron chi connectivity index (χ4n) is 2.44. The first-order chi connectivity index (χ1) is 11.3. The Balaban J connectivity index is 2.08. The Kier molecular flexibility index (Phi) is 6.15. The minimum Gasteiger partial charge on any atom is -0.469 e. The van der Waals surface area contributed by atoms with Crippen LogP contribution in [-0.2, 0) is 24.3 Å². The largest absolute Gasteiger partial charge is 0.469 e. The number of rotatable bonds is 5. The summed E-state index contributed by atoms with van der Waals surface area (Å²) in [6.45, 7) is 0. The molecule has 2 rings (SSSR count). The molecular weight excluding hydrogens is 354 g/mol. The molecule has 1 N–H and O–H groups in total. The lowest BCUT2D eigenvalue weighted by Crippen LogP contribution is -2.38. The first kappa shape index (κ1) is 18.6. The number of sulfonamides is 1. The van der Waals surface area contributed by atoms with Crippen LogP contribution < -0.4 is 4.72 Å². The van der Waals surface area contributed by atoms with E-state index in [2.05, 4.69) is 9.46 Å². The smallest absolute Gasteiger partial charge is 0.309 e. The number of hydrogen-bond donors (Lipinski definition) is 1. The van der Waals surface area contributed by atoms with Gasteiger partial charge in [-0.25, -0.2) is 13.1 Å². The molecule has 0 radical (unpaired) electrons. The van der Waals surface area contributed by atoms with Crippen molar-refractivity contribution in [3.8, 4) is 0 Å². The molecule has 0 aromatic heterocycles. The van der Waals surface area contributed by atoms with Crippen molar-refractivity contribution in [2.75, 3.05) is 7.11 Å². The van der Waals surface area contributed by atoms with Gasteiger partial charge < -0.3 is 4.74 Å². The van der Waals surface area contributed by atoms with E-state index in [-0.39, 0.29) is 29.9 Å². The van der Waals surface area contributed by atoms with E-state index in [0.717, 1.165) is 0 Å². The zero-order valence-electron chi connectivity index (χ0n) is 13.1. The van der Waals surface area contributed by atoms with Crippen LogP contribution in [0.25, 0.3) is 0 Å². The van der Waals surface area contributed by atoms with E-state index in [1.165, 1.54) is 37.5 Å². The van der Waals surface area contributed by atoms with Gasteiger partial charge in [0.1, 0.15) is 0 Å². The fraction of sp³-hybridized carbons (Fsp3) is 0.375. The van der Waals surface area contributed by atoms with E-state index < -0.39 is 22.0 Å². The Bertz CT molecular complexity index is 755. The Hall–Kier alpha value is -1.70. The summed E-state index contributed by atoms with van der Waals surface area (Å²) in [6.07, 6.45) is 2.41. The molecule has 0 amide bonds. The Labute approximate surface area is 145 Å². The third-order valence-electron chi connectivity index (χ3n) is 3.73. The van der Waals surface area contributed by atoms with Gasteiger partial charge >= 0.3 is 5.97 Å². The molecule has 0 aliphatic heterocycles. The molecule has 1 aliphatic rings. The highest BCUT2D eigenvalue weighted by atomic mass is 35.5. The van der Waals surface area contributed by atoms with Crippen LogP contribution in [0.3, 0.4) is 0 Å². The lowest BCUT2D eigenvalue weighted by atomic mass is 9.89. The van der Waals surface area contributed by atoms with Crippen LogP contribution in [-0.4, -0.2) is 33.3 Å². The second-order valence-electron chi connectivity index (χ2n) is 5.45. The van der Waals surface area contributed by atoms with Crippen LogP contribution in [0.2, 0.25) is 5.02 Å². The van der Waals surface area contributed by atoms with Gasteiger partial charge in [-0.15, -0.1) is 0 Å². The van der Waals surface area contributed by atoms with E-state index in [1.807, 2.05) is 0 Å². The summed E-state index contributed by atoms with van der Waals surface area (Å²) in [6, 6.07) is 5.45. The number of ether oxygens (including phenoxy) is 1. The van der Waals surface area contributed by atoms with Gasteiger partial charge in [0.15, 0.2) is 5.78 Å². The van der Waals surface area contributed by atoms with Crippen molar-refractivity contribution >= 4 is 33.4 Å². The van der Waals surface area contributed by atoms with Crippen molar-refractivity contribution in [2.45, 2.75) is 36.6 Å². The minimum absolute atomic E-state index is 0.00573. The average Bonchev–Trinajstić information content (AvgIpc) is 2.55. The summed E-state index contributed by atoms with van der Waals surface area (Å²) in [5.41, 5.74) is 0.454. The number of carbonyl (C=O) groups excluding carboxylic acids is 2. The number of hydrogen-bond acceptors (Lipinski definition) is 5. The fourth-order valence-corrected chi connectivity index (χ4v) is 3.83. The van der Waals surface area contributed by atoms with Crippen LogP contribution in [0.4, 0.5) is 0 Å². The highest BCUT2D eigenvalue weighted by Gasteiger charge is 2.27. The van der Waals surface area contributed by atoms with Crippen molar-refractivity contribution in [2.24, 2.45) is 0 Å². The van der Waals surface area contributed by atoms with Gasteiger partial charge in [-0.05, 0) is 42.7 Å². The summed E-state index contributed by atoms with van der Waals surface area (Å²) in [5, 5.41) is 0.449. The second-order valence-corrected chi connectivity index (χ2v) is 7.60. The molecule has 130 valence electrons. The summed E-state index contributed by atoms with van der Waals surface area (Å²) in [7, 11) is -2.42. The topological polar surface area (TPSA) is 89.5 Å². The molecule has 1 aromatic rings. The number of Topliss-reactive ketones (excluding diaryl/α,β-unsaturated/α-hetero) is 1. The molecule has 24 heavy (non-hydrogen) atoms. The van der Waals surface area contributed by atoms with Gasteiger partial charge in [-0.1, -0.05) is 17.7 Å². The molecule has 0 bridgehead atoms. The van der Waals surface area contributed by atoms with Crippen LogP contribution in [0.1, 0.15) is 25.7 Å². The predicted molar refractivity (Wildman–Crippen MR) is 89.1 cm³/mol. The third-order valence-corrected chi connectivity index (χ3v) is 5.52. The van der Waals surface area contributed by atoms with E-state index in [4.69, 9.17) is 11.6 Å². The molecule has 1 aliphatic carbocycles. The van der Waals surface area contributed by atoms with Crippen LogP contribution in [0.15, 0.2) is 40.8 Å². The van der Waals surface area contributed by atoms with Gasteiger partial charge in [-0.3, -0.25) is 9.59 Å². The van der Waals surface area contributed by atoms with Gasteiger partial charge in [-0.2, -0.15) is 0 Å². The Morgan fingerprint density at radius 1 is 1.38 bits per heavy atom. The van der Waals surface area contributed by atoms with Gasteiger partial charge in [0, 0.05) is 17.5 Å². The molecule has 0 spiro atoms. The predicted octanol–water partition coefficient (Wildman–Crippen LogP) is 2.23. The van der Waals surface area contributed by atoms with Gasteiger partial charge in [0.05, 0.1) is 18.4 Å². The Morgan fingerprint density at radius 3 is 2.67 bits per heavy atom. The first-order valence-electron chi connectivity index (χ1n) is 7.39. The number of methoxy groups -OCH3 is 1. The molecule has 1 aromatic carbocycles. The molecular formula is C16H18ClNO5S. The van der Waals surface area contributed by atoms with Crippen molar-refractivity contribution in [3.63, 3.8) is 0 Å².